The number of carbonyl (C=O) groups is 1. The zero-order chi connectivity index (χ0) is 20.1. The van der Waals surface area contributed by atoms with Crippen LogP contribution in [0.25, 0.3) is 0 Å². The van der Waals surface area contributed by atoms with Crippen LogP contribution in [0, 0.1) is 0 Å². The Hall–Kier alpha value is -2.25. The van der Waals surface area contributed by atoms with Gasteiger partial charge in [-0.05, 0) is 48.5 Å². The third-order valence-electron chi connectivity index (χ3n) is 5.12. The Bertz CT molecular complexity index is 1000. The first-order valence-corrected chi connectivity index (χ1v) is 11.9. The van der Waals surface area contributed by atoms with Gasteiger partial charge in [-0.1, -0.05) is 78.3 Å². The molecule has 0 bridgehead atoms. The first-order valence-electron chi connectivity index (χ1n) is 9.54. The molecule has 4 rings (SSSR count). The molecule has 0 saturated heterocycles. The van der Waals surface area contributed by atoms with Crippen LogP contribution < -0.4 is 32.9 Å². The second kappa shape index (κ2) is 10.2. The Balaban J connectivity index is 0.00000256. The summed E-state index contributed by atoms with van der Waals surface area (Å²) in [5.41, 5.74) is 0.657. The minimum Gasteiger partial charge on any atom is -1.00 e. The molecule has 0 amide bonds. The molecule has 0 saturated carbocycles. The van der Waals surface area contributed by atoms with Gasteiger partial charge in [0.25, 0.3) is 0 Å². The Morgan fingerprint density at radius 3 is 1.47 bits per heavy atom. The second-order valence-corrected chi connectivity index (χ2v) is 10.8. The van der Waals surface area contributed by atoms with Gasteiger partial charge in [0.1, 0.15) is 29.3 Å². The molecule has 0 aliphatic rings. The standard InChI is InChI=1S/C26H21ClOP.BrH/c27-22-12-10-11-21(19-22)26(28)20-29(23-13-4-1-5-14-23,24-15-6-2-7-16-24)25-17-8-3-9-18-25;/h1-19H,20H2;1H/q+1;/p-1. The Labute approximate surface area is 193 Å². The van der Waals surface area contributed by atoms with E-state index in [4.69, 9.17) is 11.6 Å². The summed E-state index contributed by atoms with van der Waals surface area (Å²) >= 11 is 6.17. The fourth-order valence-corrected chi connectivity index (χ4v) is 8.03. The number of ketones is 1. The van der Waals surface area contributed by atoms with Gasteiger partial charge < -0.3 is 17.0 Å². The average molecular weight is 496 g/mol. The van der Waals surface area contributed by atoms with Gasteiger partial charge in [0, 0.05) is 10.6 Å². The van der Waals surface area contributed by atoms with Crippen molar-refractivity contribution in [1.29, 1.82) is 0 Å². The topological polar surface area (TPSA) is 17.1 Å². The fraction of sp³-hybridized carbons (Fsp3) is 0.0385. The van der Waals surface area contributed by atoms with Crippen molar-refractivity contribution in [3.63, 3.8) is 0 Å². The van der Waals surface area contributed by atoms with E-state index in [1.54, 1.807) is 12.1 Å². The molecule has 0 fully saturated rings. The summed E-state index contributed by atoms with van der Waals surface area (Å²) in [7, 11) is -2.18. The van der Waals surface area contributed by atoms with Gasteiger partial charge in [-0.25, -0.2) is 0 Å². The van der Waals surface area contributed by atoms with E-state index in [1.807, 2.05) is 30.3 Å². The van der Waals surface area contributed by atoms with Gasteiger partial charge in [0.05, 0.1) is 0 Å². The van der Waals surface area contributed by atoms with Crippen molar-refractivity contribution in [1.82, 2.24) is 0 Å². The minimum atomic E-state index is -2.18. The van der Waals surface area contributed by atoms with Crippen LogP contribution in [0.1, 0.15) is 10.4 Å². The number of halogens is 2. The van der Waals surface area contributed by atoms with Crippen molar-refractivity contribution in [3.8, 4) is 0 Å². The maximum atomic E-state index is 13.5. The van der Waals surface area contributed by atoms with Gasteiger partial charge in [-0.15, -0.1) is 0 Å². The van der Waals surface area contributed by atoms with Gasteiger partial charge in [0.15, 0.2) is 0 Å². The van der Waals surface area contributed by atoms with E-state index in [0.29, 0.717) is 16.7 Å². The Morgan fingerprint density at radius 2 is 1.07 bits per heavy atom. The molecule has 30 heavy (non-hydrogen) atoms. The minimum absolute atomic E-state index is 0. The molecule has 0 heterocycles. The summed E-state index contributed by atoms with van der Waals surface area (Å²) in [5, 5.41) is 4.19. The van der Waals surface area contributed by atoms with Gasteiger partial charge in [0.2, 0.25) is 5.78 Å². The molecule has 1 nitrogen and oxygen atoms in total. The van der Waals surface area contributed by atoms with Crippen molar-refractivity contribution in [2.24, 2.45) is 0 Å². The maximum Gasteiger partial charge on any atom is 0.201 e. The number of rotatable bonds is 6. The molecule has 0 atom stereocenters. The molecular weight excluding hydrogens is 475 g/mol. The van der Waals surface area contributed by atoms with Crippen LogP contribution in [-0.2, 0) is 0 Å². The van der Waals surface area contributed by atoms with Crippen LogP contribution in [-0.4, -0.2) is 11.9 Å². The zero-order valence-corrected chi connectivity index (χ0v) is 19.5. The SMILES string of the molecule is O=C(C[P+](c1ccccc1)(c1ccccc1)c1ccccc1)c1cccc(Cl)c1.[Br-]. The molecule has 0 unspecified atom stereocenters. The van der Waals surface area contributed by atoms with Crippen LogP contribution in [0.2, 0.25) is 5.02 Å². The van der Waals surface area contributed by atoms with Crippen molar-refractivity contribution in [2.45, 2.75) is 0 Å². The molecule has 150 valence electrons. The van der Waals surface area contributed by atoms with E-state index in [9.17, 15) is 4.79 Å². The van der Waals surface area contributed by atoms with E-state index in [1.165, 1.54) is 15.9 Å². The van der Waals surface area contributed by atoms with Crippen molar-refractivity contribution in [2.75, 3.05) is 6.16 Å². The predicted molar refractivity (Wildman–Crippen MR) is 126 cm³/mol. The number of benzene rings is 4. The summed E-state index contributed by atoms with van der Waals surface area (Å²) in [5.74, 6) is 0.109. The Morgan fingerprint density at radius 1 is 0.633 bits per heavy atom. The van der Waals surface area contributed by atoms with E-state index in [0.717, 1.165) is 0 Å². The first kappa shape index (κ1) is 22.4. The zero-order valence-electron chi connectivity index (χ0n) is 16.3. The molecule has 0 aliphatic heterocycles. The average Bonchev–Trinajstić information content (AvgIpc) is 2.79. The van der Waals surface area contributed by atoms with Crippen LogP contribution in [0.4, 0.5) is 0 Å². The molecule has 0 spiro atoms. The van der Waals surface area contributed by atoms with E-state index in [2.05, 4.69) is 72.8 Å². The molecule has 4 heteroatoms. The Kier molecular flexibility index (Phi) is 7.61. The highest BCUT2D eigenvalue weighted by atomic mass is 79.9. The molecule has 4 aromatic rings. The highest BCUT2D eigenvalue weighted by Crippen LogP contribution is 2.55. The highest BCUT2D eigenvalue weighted by molar-refractivity contribution is 7.96. The molecule has 0 aromatic heterocycles. The summed E-state index contributed by atoms with van der Waals surface area (Å²) < 4.78 is 0. The predicted octanol–water partition coefficient (Wildman–Crippen LogP) is 2.52. The van der Waals surface area contributed by atoms with Crippen molar-refractivity contribution < 1.29 is 21.8 Å². The quantitative estimate of drug-likeness (QED) is 0.297. The van der Waals surface area contributed by atoms with E-state index < -0.39 is 7.26 Å². The third-order valence-corrected chi connectivity index (χ3v) is 9.65. The van der Waals surface area contributed by atoms with Gasteiger partial charge >= 0.3 is 0 Å². The number of hydrogen-bond donors (Lipinski definition) is 0. The third kappa shape index (κ3) is 4.57. The normalized spacial score (nSPS) is 10.8. The van der Waals surface area contributed by atoms with Crippen molar-refractivity contribution in [3.05, 3.63) is 126 Å². The van der Waals surface area contributed by atoms with Crippen molar-refractivity contribution >= 4 is 40.6 Å². The summed E-state index contributed by atoms with van der Waals surface area (Å²) in [6.45, 7) is 0. The monoisotopic (exact) mass is 494 g/mol. The highest BCUT2D eigenvalue weighted by Gasteiger charge is 2.47. The maximum absolute atomic E-state index is 13.5. The molecule has 0 radical (unpaired) electrons. The van der Waals surface area contributed by atoms with Crippen LogP contribution in [0.5, 0.6) is 0 Å². The molecular formula is C26H21BrClOP. The summed E-state index contributed by atoms with van der Waals surface area (Å²) in [6, 6.07) is 38.6. The van der Waals surface area contributed by atoms with Crippen LogP contribution in [0.3, 0.4) is 0 Å². The largest absolute Gasteiger partial charge is 1.00 e. The lowest BCUT2D eigenvalue weighted by molar-refractivity contribution is -0.0000133. The molecule has 0 aliphatic carbocycles. The lowest BCUT2D eigenvalue weighted by Crippen LogP contribution is -3.00. The van der Waals surface area contributed by atoms with Crippen LogP contribution >= 0.6 is 18.9 Å². The number of carbonyl (C=O) groups excluding carboxylic acids is 1. The number of hydrogen-bond acceptors (Lipinski definition) is 1. The van der Waals surface area contributed by atoms with E-state index in [-0.39, 0.29) is 22.8 Å². The smallest absolute Gasteiger partial charge is 0.201 e. The van der Waals surface area contributed by atoms with Gasteiger partial charge in [-0.3, -0.25) is 4.79 Å². The lowest BCUT2D eigenvalue weighted by atomic mass is 10.1. The van der Waals surface area contributed by atoms with Gasteiger partial charge in [-0.2, -0.15) is 0 Å². The first-order chi connectivity index (χ1) is 14.2. The fourth-order valence-electron chi connectivity index (χ4n) is 3.74. The second-order valence-electron chi connectivity index (χ2n) is 6.91. The lowest BCUT2D eigenvalue weighted by Gasteiger charge is -2.27. The number of Topliss-reactive ketones (excluding diaryl/α,β-unsaturated/α-hetero) is 1. The summed E-state index contributed by atoms with van der Waals surface area (Å²) in [4.78, 5) is 13.5. The van der Waals surface area contributed by atoms with E-state index >= 15 is 0 Å². The molecule has 4 aromatic carbocycles. The van der Waals surface area contributed by atoms with Crippen LogP contribution in [0.15, 0.2) is 115 Å². The summed E-state index contributed by atoms with van der Waals surface area (Å²) in [6.07, 6.45) is 0.422. The molecule has 0 N–H and O–H groups in total.